The lowest BCUT2D eigenvalue weighted by atomic mass is 9.92. The topological polar surface area (TPSA) is 244 Å². The van der Waals surface area contributed by atoms with Gasteiger partial charge in [0.2, 0.25) is 11.8 Å². The molecule has 1 atom stereocenters. The fraction of sp³-hybridized carbons (Fsp3) is 0.351. The number of H-pyrrole nitrogens is 1. The Bertz CT molecular complexity index is 2270. The Morgan fingerprint density at radius 1 is 1.02 bits per heavy atom. The van der Waals surface area contributed by atoms with Crippen molar-refractivity contribution in [3.63, 3.8) is 0 Å². The van der Waals surface area contributed by atoms with Crippen LogP contribution in [0.4, 0.5) is 9.59 Å². The number of nitrogens with two attached hydrogens (primary N) is 3. The van der Waals surface area contributed by atoms with Crippen LogP contribution in [0, 0.1) is 0 Å². The minimum Gasteiger partial charge on any atom is -0.488 e. The molecule has 1 aliphatic rings. The summed E-state index contributed by atoms with van der Waals surface area (Å²) in [7, 11) is 1.20. The molecular formula is C37H45N11O7. The van der Waals surface area contributed by atoms with Crippen LogP contribution in [0.5, 0.6) is 5.75 Å². The first kappa shape index (κ1) is 38.3. The minimum atomic E-state index is -1.40. The van der Waals surface area contributed by atoms with Crippen LogP contribution >= 0.6 is 0 Å². The van der Waals surface area contributed by atoms with Crippen molar-refractivity contribution in [2.45, 2.75) is 59.4 Å². The number of benzene rings is 3. The Balaban J connectivity index is 1.24. The number of hydrogen-bond donors (Lipinski definition) is 5. The summed E-state index contributed by atoms with van der Waals surface area (Å²) in [5, 5.41) is 12.0. The van der Waals surface area contributed by atoms with Crippen molar-refractivity contribution in [1.29, 1.82) is 0 Å². The monoisotopic (exact) mass is 755 g/mol. The maximum atomic E-state index is 13.1. The van der Waals surface area contributed by atoms with E-state index in [-0.39, 0.29) is 31.6 Å². The van der Waals surface area contributed by atoms with E-state index >= 15 is 0 Å². The number of aromatic amines is 1. The molecule has 0 radical (unpaired) electrons. The van der Waals surface area contributed by atoms with E-state index in [1.54, 1.807) is 11.1 Å². The maximum absolute atomic E-state index is 13.1. The third-order valence-electron chi connectivity index (χ3n) is 9.76. The van der Waals surface area contributed by atoms with Crippen molar-refractivity contribution < 1.29 is 33.8 Å². The molecule has 8 N–H and O–H groups in total. The van der Waals surface area contributed by atoms with Gasteiger partial charge in [-0.3, -0.25) is 9.59 Å². The Morgan fingerprint density at radius 3 is 2.49 bits per heavy atom. The van der Waals surface area contributed by atoms with Crippen LogP contribution in [-0.2, 0) is 34.0 Å². The summed E-state index contributed by atoms with van der Waals surface area (Å²) >= 11 is 0. The minimum absolute atomic E-state index is 0.0695. The predicted molar refractivity (Wildman–Crippen MR) is 203 cm³/mol. The molecule has 5 aromatic rings. The summed E-state index contributed by atoms with van der Waals surface area (Å²) in [6, 6.07) is 13.8. The molecule has 3 heterocycles. The number of carbonyl (C=O) groups is 4. The molecule has 18 nitrogen and oxygen atoms in total. The lowest BCUT2D eigenvalue weighted by Gasteiger charge is -2.29. The van der Waals surface area contributed by atoms with E-state index in [4.69, 9.17) is 32.4 Å². The molecule has 4 amide bonds. The fourth-order valence-electron chi connectivity index (χ4n) is 6.66. The van der Waals surface area contributed by atoms with Crippen LogP contribution < -0.4 is 22.3 Å². The number of nitrogens with zero attached hydrogens (tertiary/aromatic N) is 7. The van der Waals surface area contributed by atoms with Crippen LogP contribution in [-0.4, -0.2) is 101 Å². The van der Waals surface area contributed by atoms with Crippen molar-refractivity contribution in [3.05, 3.63) is 65.9 Å². The summed E-state index contributed by atoms with van der Waals surface area (Å²) in [4.78, 5) is 64.7. The van der Waals surface area contributed by atoms with E-state index in [0.717, 1.165) is 43.7 Å². The molecule has 0 saturated heterocycles. The van der Waals surface area contributed by atoms with Gasteiger partial charge in [-0.1, -0.05) is 32.0 Å². The molecule has 18 heteroatoms. The number of hydrazine groups is 2. The quantitative estimate of drug-likeness (QED) is 0.0659. The molecule has 2 aromatic heterocycles. The largest absolute Gasteiger partial charge is 0.488 e. The number of ether oxygens (including phenoxy) is 2. The normalized spacial score (nSPS) is 12.4. The molecule has 1 aliphatic heterocycles. The standard InChI is InChI=1S/C37H45N11O7/c1-5-11-44(33(49)18-46(38)36(51)52)17-32-43-28-10-8-22-13-27-25-9-7-23(12-24(25)20-55-30(27)14-26(22)35(28)48(32)40)29-15-41-31(42-29)16-45(21(3)6-2)34(50)19-47(39)37(53)54-4/h7-10,12-15,21H,5-6,11,16-20,38-40H2,1-4H3,(H,41,42)(H,51,52)/t21-/m0/s1. The van der Waals surface area contributed by atoms with Gasteiger partial charge in [-0.25, -0.2) is 45.9 Å². The van der Waals surface area contributed by atoms with Crippen molar-refractivity contribution in [1.82, 2.24) is 39.4 Å². The van der Waals surface area contributed by atoms with Gasteiger partial charge in [0.05, 0.1) is 43.1 Å². The van der Waals surface area contributed by atoms with Gasteiger partial charge in [-0.15, -0.1) is 0 Å². The number of imidazole rings is 2. The summed E-state index contributed by atoms with van der Waals surface area (Å²) < 4.78 is 12.4. The number of aromatic nitrogens is 4. The molecule has 0 unspecified atom stereocenters. The van der Waals surface area contributed by atoms with Crippen molar-refractivity contribution in [2.24, 2.45) is 11.7 Å². The second kappa shape index (κ2) is 15.9. The maximum Gasteiger partial charge on any atom is 0.424 e. The van der Waals surface area contributed by atoms with E-state index in [1.165, 1.54) is 16.7 Å². The Hall–Kier alpha value is -6.40. The van der Waals surface area contributed by atoms with Gasteiger partial charge in [0, 0.05) is 23.5 Å². The Labute approximate surface area is 316 Å². The summed E-state index contributed by atoms with van der Waals surface area (Å²) in [5.41, 5.74) is 5.88. The SMILES string of the molecule is CCCN(Cc1nc2ccc3cc4c(cc3c2n1N)OCc1cc(-c2cnc(CN(C(=O)CN(N)C(=O)OC)[C@@H](C)CC)[nH]2)ccc1-4)C(=O)CN(N)C(=O)O. The molecule has 0 saturated carbocycles. The highest BCUT2D eigenvalue weighted by molar-refractivity contribution is 6.07. The second-order valence-corrected chi connectivity index (χ2v) is 13.4. The molecule has 55 heavy (non-hydrogen) atoms. The summed E-state index contributed by atoms with van der Waals surface area (Å²) in [6.45, 7) is 5.93. The smallest absolute Gasteiger partial charge is 0.424 e. The van der Waals surface area contributed by atoms with E-state index in [0.29, 0.717) is 59.4 Å². The molecule has 0 bridgehead atoms. The molecular weight excluding hydrogens is 710 g/mol. The van der Waals surface area contributed by atoms with E-state index in [1.807, 2.05) is 57.2 Å². The number of carbonyl (C=O) groups excluding carboxylic acids is 3. The van der Waals surface area contributed by atoms with Crippen LogP contribution in [0.25, 0.3) is 44.2 Å². The van der Waals surface area contributed by atoms with Crippen LogP contribution in [0.1, 0.15) is 50.8 Å². The number of carboxylic acid groups (broad SMARTS) is 1. The lowest BCUT2D eigenvalue weighted by Crippen LogP contribution is -2.48. The third kappa shape index (κ3) is 7.81. The van der Waals surface area contributed by atoms with Gasteiger partial charge in [0.1, 0.15) is 37.1 Å². The highest BCUT2D eigenvalue weighted by atomic mass is 16.5. The van der Waals surface area contributed by atoms with Gasteiger partial charge in [-0.2, -0.15) is 0 Å². The Morgan fingerprint density at radius 2 is 1.78 bits per heavy atom. The number of fused-ring (bicyclic) bond motifs is 6. The number of rotatable bonds is 13. The number of hydrogen-bond acceptors (Lipinski definition) is 11. The third-order valence-corrected chi connectivity index (χ3v) is 9.76. The number of amides is 4. The average Bonchev–Trinajstić information content (AvgIpc) is 3.78. The van der Waals surface area contributed by atoms with Crippen LogP contribution in [0.3, 0.4) is 0 Å². The van der Waals surface area contributed by atoms with Gasteiger partial charge in [0.15, 0.2) is 0 Å². The van der Waals surface area contributed by atoms with Crippen molar-refractivity contribution in [2.75, 3.05) is 32.6 Å². The predicted octanol–water partition coefficient (Wildman–Crippen LogP) is 3.51. The summed E-state index contributed by atoms with van der Waals surface area (Å²) in [6.07, 6.45) is 0.849. The second-order valence-electron chi connectivity index (χ2n) is 13.4. The Kier molecular flexibility index (Phi) is 11.1. The van der Waals surface area contributed by atoms with Crippen molar-refractivity contribution in [3.8, 4) is 28.1 Å². The molecule has 6 rings (SSSR count). The zero-order valence-electron chi connectivity index (χ0n) is 31.1. The molecule has 0 fully saturated rings. The van der Waals surface area contributed by atoms with Crippen LogP contribution in [0.15, 0.2) is 48.7 Å². The first-order valence-corrected chi connectivity index (χ1v) is 17.8. The number of nitrogen functional groups attached to an aromatic ring is 1. The molecule has 0 spiro atoms. The van der Waals surface area contributed by atoms with E-state index < -0.39 is 24.6 Å². The van der Waals surface area contributed by atoms with E-state index in [2.05, 4.69) is 20.8 Å². The average molecular weight is 756 g/mol. The van der Waals surface area contributed by atoms with Crippen molar-refractivity contribution >= 4 is 45.8 Å². The number of nitrogens with one attached hydrogen (secondary N) is 1. The van der Waals surface area contributed by atoms with Gasteiger partial charge >= 0.3 is 12.2 Å². The van der Waals surface area contributed by atoms with Gasteiger partial charge < -0.3 is 35.2 Å². The highest BCUT2D eigenvalue weighted by Gasteiger charge is 2.26. The number of methoxy groups -OCH3 is 1. The highest BCUT2D eigenvalue weighted by Crippen LogP contribution is 2.42. The summed E-state index contributed by atoms with van der Waals surface area (Å²) in [5.74, 6) is 18.7. The lowest BCUT2D eigenvalue weighted by molar-refractivity contribution is -0.135. The fourth-order valence-corrected chi connectivity index (χ4v) is 6.66. The molecule has 3 aromatic carbocycles. The molecule has 0 aliphatic carbocycles. The first-order chi connectivity index (χ1) is 26.3. The zero-order valence-corrected chi connectivity index (χ0v) is 31.1. The van der Waals surface area contributed by atoms with Gasteiger partial charge in [-0.05, 0) is 66.1 Å². The zero-order chi connectivity index (χ0) is 39.6. The van der Waals surface area contributed by atoms with Gasteiger partial charge in [0.25, 0.3) is 0 Å². The first-order valence-electron chi connectivity index (χ1n) is 17.8. The molecule has 290 valence electrons. The van der Waals surface area contributed by atoms with E-state index in [9.17, 15) is 19.2 Å². The van der Waals surface area contributed by atoms with Crippen LogP contribution in [0.2, 0.25) is 0 Å².